The zero-order valence-electron chi connectivity index (χ0n) is 31.2. The summed E-state index contributed by atoms with van der Waals surface area (Å²) in [6, 6.07) is 24.7. The Balaban J connectivity index is 0.000000269. The summed E-state index contributed by atoms with van der Waals surface area (Å²) in [4.78, 5) is 21.9. The molecule has 1 radical (unpaired) electrons. The van der Waals surface area contributed by atoms with Gasteiger partial charge in [-0.1, -0.05) is 108 Å². The van der Waals surface area contributed by atoms with Gasteiger partial charge in [0.05, 0.1) is 11.1 Å². The number of hydrogen-bond donors (Lipinski definition) is 1. The molecule has 0 amide bonds. The van der Waals surface area contributed by atoms with E-state index in [2.05, 4.69) is 81.4 Å². The summed E-state index contributed by atoms with van der Waals surface area (Å²) < 4.78 is 6.43. The first-order valence-electron chi connectivity index (χ1n) is 17.8. The van der Waals surface area contributed by atoms with Gasteiger partial charge in [-0.2, -0.15) is 0 Å². The third kappa shape index (κ3) is 7.43. The standard InChI is InChI=1S/C29H23N2O.C15H28O2.Ir/c1-16(2)20-11-12-21-22-6-5-7-24(29(22)32-26(21)15-20)27-23-13-10-19-9-8-17(3)14-25(19)28(23)31-18(4)30-27;1-7-14(5,8-2)12(16)11-13(17)15(6,9-3)10-4;/h5-6,8-16H,1-4H3;11,16H,7-10H2,1-6H3;/q-1;;/b;12-11-;. The summed E-state index contributed by atoms with van der Waals surface area (Å²) in [6.07, 6.45) is 4.75. The average molecular weight is 848 g/mol. The summed E-state index contributed by atoms with van der Waals surface area (Å²) >= 11 is 0. The first-order chi connectivity index (χ1) is 23.3. The molecule has 0 spiro atoms. The molecule has 2 heterocycles. The second kappa shape index (κ2) is 15.6. The maximum absolute atomic E-state index is 12.2. The summed E-state index contributed by atoms with van der Waals surface area (Å²) in [5, 5.41) is 15.7. The molecule has 5 nitrogen and oxygen atoms in total. The van der Waals surface area contributed by atoms with Crippen molar-refractivity contribution in [1.82, 2.24) is 9.97 Å². The van der Waals surface area contributed by atoms with Crippen LogP contribution in [0.2, 0.25) is 0 Å². The molecule has 0 aliphatic carbocycles. The van der Waals surface area contributed by atoms with Crippen LogP contribution in [0.1, 0.15) is 104 Å². The van der Waals surface area contributed by atoms with E-state index in [0.29, 0.717) is 5.92 Å². The molecule has 4 aromatic carbocycles. The van der Waals surface area contributed by atoms with Crippen LogP contribution in [0.25, 0.3) is 54.9 Å². The normalized spacial score (nSPS) is 12.4. The van der Waals surface area contributed by atoms with Crippen LogP contribution in [0.3, 0.4) is 0 Å². The maximum atomic E-state index is 12.2. The number of aryl methyl sites for hydroxylation is 2. The van der Waals surface area contributed by atoms with Gasteiger partial charge in [-0.15, -0.1) is 18.2 Å². The number of carbonyl (C=O) groups is 1. The van der Waals surface area contributed by atoms with E-state index in [1.807, 2.05) is 54.5 Å². The van der Waals surface area contributed by atoms with E-state index in [1.54, 1.807) is 0 Å². The maximum Gasteiger partial charge on any atom is 0.164 e. The number of benzene rings is 4. The Morgan fingerprint density at radius 1 is 0.840 bits per heavy atom. The fraction of sp³-hybridized carbons (Fsp3) is 0.386. The van der Waals surface area contributed by atoms with E-state index >= 15 is 0 Å². The number of aromatic nitrogens is 2. The van der Waals surface area contributed by atoms with Crippen LogP contribution < -0.4 is 0 Å². The third-order valence-electron chi connectivity index (χ3n) is 10.9. The second-order valence-corrected chi connectivity index (χ2v) is 14.3. The van der Waals surface area contributed by atoms with Crippen LogP contribution in [0.15, 0.2) is 76.9 Å². The van der Waals surface area contributed by atoms with E-state index < -0.39 is 0 Å². The number of rotatable bonds is 9. The number of fused-ring (bicyclic) bond motifs is 6. The fourth-order valence-corrected chi connectivity index (χ4v) is 6.31. The van der Waals surface area contributed by atoms with Crippen molar-refractivity contribution in [1.29, 1.82) is 0 Å². The second-order valence-electron chi connectivity index (χ2n) is 14.3. The smallest absolute Gasteiger partial charge is 0.164 e. The van der Waals surface area contributed by atoms with Crippen LogP contribution in [-0.4, -0.2) is 20.9 Å². The number of furan rings is 1. The number of allylic oxidation sites excluding steroid dienone is 2. The first-order valence-corrected chi connectivity index (χ1v) is 17.8. The molecule has 0 saturated carbocycles. The van der Waals surface area contributed by atoms with E-state index in [9.17, 15) is 9.90 Å². The minimum Gasteiger partial charge on any atom is -0.512 e. The number of nitrogens with zero attached hydrogens (tertiary/aromatic N) is 2. The Kier molecular flexibility index (Phi) is 12.1. The summed E-state index contributed by atoms with van der Waals surface area (Å²) in [5.41, 5.74) is 6.33. The molecule has 0 fully saturated rings. The summed E-state index contributed by atoms with van der Waals surface area (Å²) in [6.45, 7) is 20.5. The van der Waals surface area contributed by atoms with Crippen LogP contribution in [0, 0.1) is 30.7 Å². The average Bonchev–Trinajstić information content (AvgIpc) is 3.49. The molecule has 265 valence electrons. The van der Waals surface area contributed by atoms with E-state index in [0.717, 1.165) is 81.0 Å². The van der Waals surface area contributed by atoms with Gasteiger partial charge in [-0.05, 0) is 73.9 Å². The number of aliphatic hydroxyl groups is 1. The van der Waals surface area contributed by atoms with Crippen LogP contribution in [0.5, 0.6) is 0 Å². The van der Waals surface area contributed by atoms with Gasteiger partial charge in [-0.25, -0.2) is 4.98 Å². The zero-order chi connectivity index (χ0) is 35.7. The Labute approximate surface area is 310 Å². The Morgan fingerprint density at radius 2 is 1.48 bits per heavy atom. The molecular weight excluding hydrogens is 797 g/mol. The van der Waals surface area contributed by atoms with Crippen LogP contribution >= 0.6 is 0 Å². The third-order valence-corrected chi connectivity index (χ3v) is 10.9. The molecule has 50 heavy (non-hydrogen) atoms. The van der Waals surface area contributed by atoms with Crippen LogP contribution in [0.4, 0.5) is 0 Å². The van der Waals surface area contributed by atoms with Crippen molar-refractivity contribution >= 4 is 49.4 Å². The molecule has 0 bridgehead atoms. The predicted octanol–water partition coefficient (Wildman–Crippen LogP) is 12.5. The largest absolute Gasteiger partial charge is 0.512 e. The zero-order valence-corrected chi connectivity index (χ0v) is 33.6. The minimum absolute atomic E-state index is 0. The molecule has 0 atom stereocenters. The first kappa shape index (κ1) is 38.9. The van der Waals surface area contributed by atoms with Crippen molar-refractivity contribution in [3.63, 3.8) is 0 Å². The molecule has 6 rings (SSSR count). The van der Waals surface area contributed by atoms with Gasteiger partial charge in [0.2, 0.25) is 0 Å². The quantitative estimate of drug-likeness (QED) is 0.0679. The Bertz CT molecular complexity index is 2190. The van der Waals surface area contributed by atoms with E-state index in [-0.39, 0.29) is 42.5 Å². The van der Waals surface area contributed by atoms with E-state index in [4.69, 9.17) is 14.4 Å². The number of ketones is 1. The van der Waals surface area contributed by atoms with Gasteiger partial charge < -0.3 is 9.52 Å². The fourth-order valence-electron chi connectivity index (χ4n) is 6.31. The van der Waals surface area contributed by atoms with Crippen molar-refractivity contribution in [3.05, 3.63) is 95.5 Å². The molecular formula is C44H51IrN2O3-. The number of hydrogen-bond acceptors (Lipinski definition) is 5. The molecule has 1 N–H and O–H groups in total. The van der Waals surface area contributed by atoms with Gasteiger partial charge in [0.15, 0.2) is 5.78 Å². The van der Waals surface area contributed by atoms with Gasteiger partial charge in [0.1, 0.15) is 17.2 Å². The van der Waals surface area contributed by atoms with Crippen molar-refractivity contribution in [2.45, 2.75) is 101 Å². The SMILES string of the molecule is CCC(C)(CC)C(=O)/C=C(\O)C(C)(CC)CC.Cc1ccc2ccc3c(-c4[c-]ccc5c4oc4cc(C(C)C)ccc45)nc(C)nc3c2c1.[Ir]. The number of aliphatic hydroxyl groups excluding tert-OH is 1. The van der Waals surface area contributed by atoms with Crippen LogP contribution in [-0.2, 0) is 24.9 Å². The van der Waals surface area contributed by atoms with Gasteiger partial charge >= 0.3 is 0 Å². The molecule has 0 aliphatic rings. The summed E-state index contributed by atoms with van der Waals surface area (Å²) in [7, 11) is 0. The topological polar surface area (TPSA) is 76.2 Å². The predicted molar refractivity (Wildman–Crippen MR) is 205 cm³/mol. The van der Waals surface area contributed by atoms with E-state index in [1.165, 1.54) is 22.6 Å². The number of carbonyl (C=O) groups excluding carboxylic acids is 1. The van der Waals surface area contributed by atoms with Crippen molar-refractivity contribution in [2.75, 3.05) is 0 Å². The molecule has 0 saturated heterocycles. The molecule has 2 aromatic heterocycles. The molecule has 6 heteroatoms. The molecule has 6 aromatic rings. The van der Waals surface area contributed by atoms with Gasteiger partial charge in [0, 0.05) is 53.5 Å². The Hall–Kier alpha value is -3.86. The Morgan fingerprint density at radius 3 is 2.12 bits per heavy atom. The minimum atomic E-state index is -0.337. The van der Waals surface area contributed by atoms with Gasteiger partial charge in [-0.3, -0.25) is 9.78 Å². The van der Waals surface area contributed by atoms with Crippen molar-refractivity contribution in [3.8, 4) is 11.3 Å². The molecule has 0 unspecified atom stereocenters. The summed E-state index contributed by atoms with van der Waals surface area (Å²) in [5.74, 6) is 1.47. The monoisotopic (exact) mass is 848 g/mol. The van der Waals surface area contributed by atoms with Crippen molar-refractivity contribution in [2.24, 2.45) is 10.8 Å². The molecule has 0 aliphatic heterocycles. The van der Waals surface area contributed by atoms with Gasteiger partial charge in [0.25, 0.3) is 0 Å². The van der Waals surface area contributed by atoms with Crippen molar-refractivity contribution < 1.29 is 34.4 Å².